The third-order valence-corrected chi connectivity index (χ3v) is 4.33. The van der Waals surface area contributed by atoms with Crippen LogP contribution in [0.25, 0.3) is 0 Å². The fraction of sp³-hybridized carbons (Fsp3) is 0.217. The maximum Gasteiger partial charge on any atom is 0.293 e. The van der Waals surface area contributed by atoms with E-state index in [-0.39, 0.29) is 5.91 Å². The van der Waals surface area contributed by atoms with E-state index in [1.165, 1.54) is 16.7 Å². The molecule has 1 amide bonds. The van der Waals surface area contributed by atoms with Gasteiger partial charge in [0, 0.05) is 18.4 Å². The van der Waals surface area contributed by atoms with Crippen LogP contribution >= 0.6 is 0 Å². The molecule has 0 bridgehead atoms. The first-order valence-electron chi connectivity index (χ1n) is 9.48. The van der Waals surface area contributed by atoms with Crippen molar-refractivity contribution >= 4 is 11.6 Å². The van der Waals surface area contributed by atoms with Gasteiger partial charge in [-0.15, -0.1) is 0 Å². The Bertz CT molecular complexity index is 897. The molecule has 5 heteroatoms. The number of pyridine rings is 1. The van der Waals surface area contributed by atoms with Crippen molar-refractivity contribution in [3.8, 4) is 0 Å². The quantitative estimate of drug-likeness (QED) is 0.551. The lowest BCUT2D eigenvalue weighted by atomic mass is 10.0. The molecule has 1 heterocycles. The van der Waals surface area contributed by atoms with Crippen molar-refractivity contribution < 1.29 is 9.63 Å². The average molecular weight is 375 g/mol. The summed E-state index contributed by atoms with van der Waals surface area (Å²) < 4.78 is 0. The Morgan fingerprint density at radius 1 is 0.929 bits per heavy atom. The Labute approximate surface area is 165 Å². The lowest BCUT2D eigenvalue weighted by Gasteiger charge is -2.10. The van der Waals surface area contributed by atoms with Gasteiger partial charge in [0.05, 0.1) is 6.61 Å². The first-order valence-corrected chi connectivity index (χ1v) is 9.48. The number of amides is 1. The van der Waals surface area contributed by atoms with E-state index in [1.807, 2.05) is 12.1 Å². The van der Waals surface area contributed by atoms with Crippen LogP contribution in [0.1, 0.15) is 34.1 Å². The Hall–Kier alpha value is -3.18. The summed E-state index contributed by atoms with van der Waals surface area (Å²) in [6.07, 6.45) is 3.65. The maximum atomic E-state index is 11.9. The van der Waals surface area contributed by atoms with E-state index in [0.29, 0.717) is 18.8 Å². The highest BCUT2D eigenvalue weighted by atomic mass is 16.6. The molecule has 0 saturated heterocycles. The van der Waals surface area contributed by atoms with E-state index >= 15 is 0 Å². The number of aryl methyl sites for hydroxylation is 2. The van der Waals surface area contributed by atoms with Gasteiger partial charge in [-0.1, -0.05) is 54.6 Å². The number of nitrogens with zero attached hydrogens (tertiary/aromatic N) is 1. The van der Waals surface area contributed by atoms with Crippen LogP contribution in [0.2, 0.25) is 0 Å². The van der Waals surface area contributed by atoms with E-state index in [0.717, 1.165) is 18.5 Å². The van der Waals surface area contributed by atoms with Crippen LogP contribution in [0.15, 0.2) is 72.9 Å². The van der Waals surface area contributed by atoms with E-state index in [1.54, 1.807) is 19.2 Å². The molecule has 5 nitrogen and oxygen atoms in total. The highest BCUT2D eigenvalue weighted by molar-refractivity contribution is 5.92. The minimum absolute atomic E-state index is 0.315. The number of benzene rings is 2. The summed E-state index contributed by atoms with van der Waals surface area (Å²) in [6, 6.07) is 22.6. The summed E-state index contributed by atoms with van der Waals surface area (Å²) in [5.41, 5.74) is 7.37. The predicted molar refractivity (Wildman–Crippen MR) is 111 cm³/mol. The predicted octanol–water partition coefficient (Wildman–Crippen LogP) is 4.16. The smallest absolute Gasteiger partial charge is 0.293 e. The molecule has 2 aromatic carbocycles. The van der Waals surface area contributed by atoms with Crippen LogP contribution in [-0.4, -0.2) is 17.5 Å². The Morgan fingerprint density at radius 3 is 2.50 bits per heavy atom. The zero-order valence-electron chi connectivity index (χ0n) is 16.0. The highest BCUT2D eigenvalue weighted by Crippen LogP contribution is 2.13. The third kappa shape index (κ3) is 5.93. The van der Waals surface area contributed by atoms with Crippen LogP contribution in [0.3, 0.4) is 0 Å². The van der Waals surface area contributed by atoms with Crippen molar-refractivity contribution in [2.75, 3.05) is 11.9 Å². The lowest BCUT2D eigenvalue weighted by Crippen LogP contribution is -2.24. The number of rotatable bonds is 9. The standard InChI is InChI=1S/C23H25N3O2/c1-2-28-26-23(27)22-16-21(13-14-24-22)25-17-20-10-6-9-19(15-20)12-11-18-7-4-3-5-8-18/h3-10,13-16H,2,11-12,17H2,1H3,(H,24,25)(H,26,27). The first kappa shape index (κ1) is 19.6. The average Bonchev–Trinajstić information content (AvgIpc) is 2.76. The van der Waals surface area contributed by atoms with Crippen molar-refractivity contribution in [3.05, 3.63) is 95.3 Å². The Kier molecular flexibility index (Phi) is 7.15. The molecule has 3 aromatic rings. The van der Waals surface area contributed by atoms with Gasteiger partial charge in [0.1, 0.15) is 5.69 Å². The third-order valence-electron chi connectivity index (χ3n) is 4.33. The molecule has 0 aliphatic carbocycles. The summed E-state index contributed by atoms with van der Waals surface area (Å²) in [5.74, 6) is -0.353. The van der Waals surface area contributed by atoms with Crippen molar-refractivity contribution in [3.63, 3.8) is 0 Å². The molecule has 0 radical (unpaired) electrons. The molecular formula is C23H25N3O2. The van der Waals surface area contributed by atoms with Gasteiger partial charge in [-0.25, -0.2) is 5.48 Å². The fourth-order valence-electron chi connectivity index (χ4n) is 2.89. The second-order valence-electron chi connectivity index (χ2n) is 6.45. The number of hydrogen-bond donors (Lipinski definition) is 2. The van der Waals surface area contributed by atoms with Gasteiger partial charge in [0.2, 0.25) is 0 Å². The molecule has 3 rings (SSSR count). The molecule has 144 valence electrons. The van der Waals surface area contributed by atoms with Gasteiger partial charge in [-0.3, -0.25) is 14.6 Å². The van der Waals surface area contributed by atoms with Crippen LogP contribution in [-0.2, 0) is 24.2 Å². The van der Waals surface area contributed by atoms with Crippen LogP contribution in [0, 0.1) is 0 Å². The number of anilines is 1. The number of aromatic nitrogens is 1. The Morgan fingerprint density at radius 2 is 1.68 bits per heavy atom. The molecule has 1 aromatic heterocycles. The molecule has 0 fully saturated rings. The molecule has 2 N–H and O–H groups in total. The highest BCUT2D eigenvalue weighted by Gasteiger charge is 2.07. The molecule has 0 unspecified atom stereocenters. The topological polar surface area (TPSA) is 63.2 Å². The summed E-state index contributed by atoms with van der Waals surface area (Å²) in [6.45, 7) is 2.89. The number of nitrogens with one attached hydrogen (secondary N) is 2. The zero-order chi connectivity index (χ0) is 19.6. The van der Waals surface area contributed by atoms with E-state index < -0.39 is 0 Å². The zero-order valence-corrected chi connectivity index (χ0v) is 16.0. The number of hydroxylamine groups is 1. The summed E-state index contributed by atoms with van der Waals surface area (Å²) in [4.78, 5) is 20.9. The Balaban J connectivity index is 1.56. The van der Waals surface area contributed by atoms with Crippen molar-refractivity contribution in [2.24, 2.45) is 0 Å². The maximum absolute atomic E-state index is 11.9. The van der Waals surface area contributed by atoms with Gasteiger partial charge in [-0.05, 0) is 48.6 Å². The normalized spacial score (nSPS) is 10.5. The minimum Gasteiger partial charge on any atom is -0.381 e. The lowest BCUT2D eigenvalue weighted by molar-refractivity contribution is 0.0360. The summed E-state index contributed by atoms with van der Waals surface area (Å²) >= 11 is 0. The van der Waals surface area contributed by atoms with E-state index in [9.17, 15) is 4.79 Å². The molecule has 0 spiro atoms. The van der Waals surface area contributed by atoms with Crippen molar-refractivity contribution in [1.82, 2.24) is 10.5 Å². The molecule has 0 atom stereocenters. The summed E-state index contributed by atoms with van der Waals surface area (Å²) in [7, 11) is 0. The summed E-state index contributed by atoms with van der Waals surface area (Å²) in [5, 5.41) is 3.35. The number of hydrogen-bond acceptors (Lipinski definition) is 4. The van der Waals surface area contributed by atoms with Crippen LogP contribution in [0.4, 0.5) is 5.69 Å². The molecule has 0 saturated carbocycles. The monoisotopic (exact) mass is 375 g/mol. The van der Waals surface area contributed by atoms with Crippen LogP contribution < -0.4 is 10.8 Å². The first-order chi connectivity index (χ1) is 13.7. The number of carbonyl (C=O) groups is 1. The second kappa shape index (κ2) is 10.2. The van der Waals surface area contributed by atoms with E-state index in [2.05, 4.69) is 64.3 Å². The van der Waals surface area contributed by atoms with E-state index in [4.69, 9.17) is 4.84 Å². The molecule has 0 aliphatic rings. The van der Waals surface area contributed by atoms with Gasteiger partial charge < -0.3 is 5.32 Å². The van der Waals surface area contributed by atoms with Crippen LogP contribution in [0.5, 0.6) is 0 Å². The van der Waals surface area contributed by atoms with Gasteiger partial charge in [-0.2, -0.15) is 0 Å². The number of carbonyl (C=O) groups excluding carboxylic acids is 1. The van der Waals surface area contributed by atoms with Crippen molar-refractivity contribution in [1.29, 1.82) is 0 Å². The van der Waals surface area contributed by atoms with Gasteiger partial charge in [0.15, 0.2) is 0 Å². The fourth-order valence-corrected chi connectivity index (χ4v) is 2.89. The second-order valence-corrected chi connectivity index (χ2v) is 6.45. The minimum atomic E-state index is -0.353. The molecular weight excluding hydrogens is 350 g/mol. The van der Waals surface area contributed by atoms with Gasteiger partial charge >= 0.3 is 0 Å². The van der Waals surface area contributed by atoms with Gasteiger partial charge in [0.25, 0.3) is 5.91 Å². The molecule has 0 aliphatic heterocycles. The largest absolute Gasteiger partial charge is 0.381 e. The SMILES string of the molecule is CCONC(=O)c1cc(NCc2cccc(CCc3ccccc3)c2)ccn1. The molecule has 28 heavy (non-hydrogen) atoms. The van der Waals surface area contributed by atoms with Crippen molar-refractivity contribution in [2.45, 2.75) is 26.3 Å².